The average Bonchev–Trinajstić information content (AvgIpc) is 2.45. The van der Waals surface area contributed by atoms with Gasteiger partial charge in [0.2, 0.25) is 0 Å². The van der Waals surface area contributed by atoms with Crippen molar-refractivity contribution in [3.05, 3.63) is 65.5 Å². The first-order chi connectivity index (χ1) is 9.58. The fraction of sp³-hybridized carbons (Fsp3) is 0.0667. The molecule has 102 valence electrons. The minimum atomic E-state index is -0.515. The van der Waals surface area contributed by atoms with Gasteiger partial charge in [0.1, 0.15) is 11.6 Å². The van der Waals surface area contributed by atoms with E-state index >= 15 is 0 Å². The quantitative estimate of drug-likeness (QED) is 0.666. The highest BCUT2D eigenvalue weighted by atomic mass is 19.1. The van der Waals surface area contributed by atoms with Gasteiger partial charge in [-0.1, -0.05) is 18.2 Å². The molecule has 4 nitrogen and oxygen atoms in total. The molecule has 0 unspecified atom stereocenters. The van der Waals surface area contributed by atoms with Crippen molar-refractivity contribution in [3.8, 4) is 5.75 Å². The van der Waals surface area contributed by atoms with E-state index in [1.165, 1.54) is 24.3 Å². The van der Waals surface area contributed by atoms with Crippen molar-refractivity contribution in [2.24, 2.45) is 5.10 Å². The number of phenols is 1. The Kier molecular flexibility index (Phi) is 4.10. The molecular weight excluding hydrogens is 259 g/mol. The first-order valence-electron chi connectivity index (χ1n) is 5.96. The van der Waals surface area contributed by atoms with Crippen molar-refractivity contribution in [2.75, 3.05) is 0 Å². The predicted molar refractivity (Wildman–Crippen MR) is 74.2 cm³/mol. The highest BCUT2D eigenvalue weighted by Crippen LogP contribution is 2.16. The summed E-state index contributed by atoms with van der Waals surface area (Å²) in [6.45, 7) is 1.65. The van der Waals surface area contributed by atoms with E-state index in [1.54, 1.807) is 25.1 Å². The van der Waals surface area contributed by atoms with E-state index in [9.17, 15) is 14.3 Å². The minimum Gasteiger partial charge on any atom is -0.507 e. The van der Waals surface area contributed by atoms with Crippen LogP contribution in [0.4, 0.5) is 4.39 Å². The summed E-state index contributed by atoms with van der Waals surface area (Å²) in [5.41, 5.74) is 3.47. The average molecular weight is 272 g/mol. The highest BCUT2D eigenvalue weighted by molar-refractivity contribution is 6.02. The summed E-state index contributed by atoms with van der Waals surface area (Å²) in [6.07, 6.45) is 0. The van der Waals surface area contributed by atoms with Crippen LogP contribution in [0.3, 0.4) is 0 Å². The number of halogens is 1. The third-order valence-corrected chi connectivity index (χ3v) is 2.71. The Hall–Kier alpha value is -2.69. The molecule has 0 atom stereocenters. The Balaban J connectivity index is 2.13. The largest absolute Gasteiger partial charge is 0.507 e. The van der Waals surface area contributed by atoms with Gasteiger partial charge in [0.25, 0.3) is 5.91 Å². The van der Waals surface area contributed by atoms with E-state index in [0.717, 1.165) is 6.07 Å². The Morgan fingerprint density at radius 1 is 1.20 bits per heavy atom. The number of benzene rings is 2. The third kappa shape index (κ3) is 3.20. The number of para-hydroxylation sites is 1. The summed E-state index contributed by atoms with van der Waals surface area (Å²) < 4.78 is 13.0. The number of hydrazone groups is 1. The van der Waals surface area contributed by atoms with Crippen LogP contribution in [0.25, 0.3) is 0 Å². The molecule has 0 bridgehead atoms. The smallest absolute Gasteiger partial charge is 0.271 e. The van der Waals surface area contributed by atoms with Crippen molar-refractivity contribution in [1.29, 1.82) is 0 Å². The number of amides is 1. The molecule has 0 radical (unpaired) electrons. The van der Waals surface area contributed by atoms with E-state index in [1.807, 2.05) is 0 Å². The maximum absolute atomic E-state index is 13.0. The van der Waals surface area contributed by atoms with Crippen molar-refractivity contribution in [1.82, 2.24) is 5.43 Å². The number of nitrogens with one attached hydrogen (secondary N) is 1. The summed E-state index contributed by atoms with van der Waals surface area (Å²) in [4.78, 5) is 11.8. The topological polar surface area (TPSA) is 61.7 Å². The maximum Gasteiger partial charge on any atom is 0.271 e. The van der Waals surface area contributed by atoms with Crippen LogP contribution < -0.4 is 5.43 Å². The van der Waals surface area contributed by atoms with Crippen LogP contribution in [0, 0.1) is 5.82 Å². The molecule has 0 spiro atoms. The van der Waals surface area contributed by atoms with Crippen LogP contribution in [0.15, 0.2) is 53.6 Å². The molecule has 2 aromatic rings. The molecule has 20 heavy (non-hydrogen) atoms. The zero-order valence-electron chi connectivity index (χ0n) is 10.8. The van der Waals surface area contributed by atoms with Gasteiger partial charge in [-0.25, -0.2) is 9.82 Å². The number of aromatic hydroxyl groups is 1. The Morgan fingerprint density at radius 2 is 1.95 bits per heavy atom. The van der Waals surface area contributed by atoms with Crippen LogP contribution >= 0.6 is 0 Å². The fourth-order valence-corrected chi connectivity index (χ4v) is 1.67. The first kappa shape index (κ1) is 13.7. The van der Waals surface area contributed by atoms with Crippen LogP contribution in [0.1, 0.15) is 22.8 Å². The fourth-order valence-electron chi connectivity index (χ4n) is 1.67. The van der Waals surface area contributed by atoms with Gasteiger partial charge in [0.05, 0.1) is 5.71 Å². The zero-order valence-corrected chi connectivity index (χ0v) is 10.8. The first-order valence-corrected chi connectivity index (χ1v) is 5.96. The van der Waals surface area contributed by atoms with Gasteiger partial charge >= 0.3 is 0 Å². The molecule has 0 heterocycles. The van der Waals surface area contributed by atoms with Crippen LogP contribution in [-0.2, 0) is 0 Å². The SMILES string of the molecule is C/C(=N/NC(=O)c1cccc(F)c1)c1ccccc1O. The van der Waals surface area contributed by atoms with Gasteiger partial charge in [-0.3, -0.25) is 4.79 Å². The molecule has 2 aromatic carbocycles. The lowest BCUT2D eigenvalue weighted by Crippen LogP contribution is -2.19. The molecule has 2 N–H and O–H groups in total. The molecule has 0 fully saturated rings. The Morgan fingerprint density at radius 3 is 2.65 bits per heavy atom. The number of phenolic OH excluding ortho intramolecular Hbond substituents is 1. The van der Waals surface area contributed by atoms with Crippen LogP contribution in [-0.4, -0.2) is 16.7 Å². The van der Waals surface area contributed by atoms with Gasteiger partial charge in [0, 0.05) is 11.1 Å². The number of carbonyl (C=O) groups excluding carboxylic acids is 1. The molecule has 5 heteroatoms. The van der Waals surface area contributed by atoms with Crippen molar-refractivity contribution in [3.63, 3.8) is 0 Å². The maximum atomic E-state index is 13.0. The monoisotopic (exact) mass is 272 g/mol. The van der Waals surface area contributed by atoms with E-state index in [-0.39, 0.29) is 11.3 Å². The number of hydrogen-bond donors (Lipinski definition) is 2. The Labute approximate surface area is 115 Å². The summed E-state index contributed by atoms with van der Waals surface area (Å²) >= 11 is 0. The number of nitrogens with zero attached hydrogens (tertiary/aromatic N) is 1. The van der Waals surface area contributed by atoms with Gasteiger partial charge < -0.3 is 5.11 Å². The predicted octanol–water partition coefficient (Wildman–Crippen LogP) is 2.69. The zero-order chi connectivity index (χ0) is 14.5. The lowest BCUT2D eigenvalue weighted by Gasteiger charge is -2.04. The molecule has 0 aliphatic rings. The molecule has 0 aromatic heterocycles. The van der Waals surface area contributed by atoms with E-state index < -0.39 is 11.7 Å². The molecule has 0 aliphatic heterocycles. The van der Waals surface area contributed by atoms with Crippen molar-refractivity contribution < 1.29 is 14.3 Å². The number of carbonyl (C=O) groups is 1. The van der Waals surface area contributed by atoms with Gasteiger partial charge in [-0.15, -0.1) is 0 Å². The van der Waals surface area contributed by atoms with Gasteiger partial charge in [0.15, 0.2) is 0 Å². The van der Waals surface area contributed by atoms with E-state index in [4.69, 9.17) is 0 Å². The number of rotatable bonds is 3. The second-order valence-corrected chi connectivity index (χ2v) is 4.17. The van der Waals surface area contributed by atoms with Crippen LogP contribution in [0.2, 0.25) is 0 Å². The van der Waals surface area contributed by atoms with Gasteiger partial charge in [-0.2, -0.15) is 5.10 Å². The lowest BCUT2D eigenvalue weighted by molar-refractivity contribution is 0.0954. The highest BCUT2D eigenvalue weighted by Gasteiger charge is 2.07. The van der Waals surface area contributed by atoms with Gasteiger partial charge in [-0.05, 0) is 37.3 Å². The number of hydrogen-bond acceptors (Lipinski definition) is 3. The molecular formula is C15H13FN2O2. The second kappa shape index (κ2) is 5.97. The standard InChI is InChI=1S/C15H13FN2O2/c1-10(13-7-2-3-8-14(13)19)17-18-15(20)11-5-4-6-12(16)9-11/h2-9,19H,1H3,(H,18,20)/b17-10-. The lowest BCUT2D eigenvalue weighted by atomic mass is 10.1. The third-order valence-electron chi connectivity index (χ3n) is 2.71. The second-order valence-electron chi connectivity index (χ2n) is 4.17. The molecule has 1 amide bonds. The van der Waals surface area contributed by atoms with Crippen LogP contribution in [0.5, 0.6) is 5.75 Å². The van der Waals surface area contributed by atoms with Crippen molar-refractivity contribution in [2.45, 2.75) is 6.92 Å². The molecule has 0 aliphatic carbocycles. The molecule has 0 saturated carbocycles. The van der Waals surface area contributed by atoms with E-state index in [0.29, 0.717) is 11.3 Å². The summed E-state index contributed by atoms with van der Waals surface area (Å²) in [5, 5.41) is 13.6. The minimum absolute atomic E-state index is 0.0776. The Bertz CT molecular complexity index is 668. The summed E-state index contributed by atoms with van der Waals surface area (Å²) in [5.74, 6) is -0.924. The van der Waals surface area contributed by atoms with Crippen molar-refractivity contribution >= 4 is 11.6 Å². The normalized spacial score (nSPS) is 11.2. The summed E-state index contributed by atoms with van der Waals surface area (Å²) in [7, 11) is 0. The van der Waals surface area contributed by atoms with E-state index in [2.05, 4.69) is 10.5 Å². The molecule has 0 saturated heterocycles. The summed E-state index contributed by atoms with van der Waals surface area (Å²) in [6, 6.07) is 12.0. The molecule has 2 rings (SSSR count).